The summed E-state index contributed by atoms with van der Waals surface area (Å²) in [5.41, 5.74) is 1.52. The van der Waals surface area contributed by atoms with Crippen molar-refractivity contribution in [2.75, 3.05) is 12.4 Å². The van der Waals surface area contributed by atoms with Crippen molar-refractivity contribution in [1.82, 2.24) is 0 Å². The first kappa shape index (κ1) is 16.1. The summed E-state index contributed by atoms with van der Waals surface area (Å²) in [5, 5.41) is 17.0. The average Bonchev–Trinajstić information content (AvgIpc) is 3.05. The maximum absolute atomic E-state index is 12.4. The van der Waals surface area contributed by atoms with Crippen molar-refractivity contribution >= 4 is 28.9 Å². The summed E-state index contributed by atoms with van der Waals surface area (Å²) in [4.78, 5) is 17.6. The third-order valence-electron chi connectivity index (χ3n) is 3.60. The largest absolute Gasteiger partial charge is 0.507 e. The summed E-state index contributed by atoms with van der Waals surface area (Å²) < 4.78 is 5.19. The fraction of sp³-hybridized carbons (Fsp3) is 0.176. The first-order chi connectivity index (χ1) is 11.6. The van der Waals surface area contributed by atoms with Crippen LogP contribution in [0, 0.1) is 0 Å². The number of anilines is 1. The molecule has 124 valence electrons. The minimum Gasteiger partial charge on any atom is -0.507 e. The zero-order chi connectivity index (χ0) is 17.1. The summed E-state index contributed by atoms with van der Waals surface area (Å²) in [6.45, 7) is 0. The van der Waals surface area contributed by atoms with Crippen LogP contribution >= 0.6 is 11.6 Å². The minimum atomic E-state index is -0.789. The van der Waals surface area contributed by atoms with Gasteiger partial charge in [0.1, 0.15) is 11.5 Å². The van der Waals surface area contributed by atoms with Crippen molar-refractivity contribution in [3.8, 4) is 11.5 Å². The van der Waals surface area contributed by atoms with Gasteiger partial charge in [0.05, 0.1) is 18.5 Å². The fourth-order valence-corrected chi connectivity index (χ4v) is 2.56. The summed E-state index contributed by atoms with van der Waals surface area (Å²) in [7, 11) is 1.50. The average molecular weight is 347 g/mol. The molecule has 0 aliphatic carbocycles. The standard InChI is InChI=1S/C17H15ClN2O4/c1-23-15-7-6-10(18)8-13(15)19-17(22)16-9-12(20-24-16)11-4-2-3-5-14(11)21/h2-8,16,21H,9H2,1H3,(H,19,22)/t16-/m0/s1. The number of hydrogen-bond acceptors (Lipinski definition) is 5. The molecule has 0 aromatic heterocycles. The van der Waals surface area contributed by atoms with E-state index in [1.165, 1.54) is 7.11 Å². The molecule has 0 radical (unpaired) electrons. The molecule has 0 fully saturated rings. The lowest BCUT2D eigenvalue weighted by Gasteiger charge is -2.13. The van der Waals surface area contributed by atoms with Crippen LogP contribution in [0.25, 0.3) is 0 Å². The summed E-state index contributed by atoms with van der Waals surface area (Å²) >= 11 is 5.95. The Kier molecular flexibility index (Phi) is 4.57. The lowest BCUT2D eigenvalue weighted by Crippen LogP contribution is -2.28. The van der Waals surface area contributed by atoms with Crippen LogP contribution in [-0.4, -0.2) is 29.9 Å². The minimum absolute atomic E-state index is 0.0948. The molecule has 1 amide bonds. The molecule has 6 nitrogen and oxygen atoms in total. The van der Waals surface area contributed by atoms with Crippen molar-refractivity contribution in [1.29, 1.82) is 0 Å². The van der Waals surface area contributed by atoms with Crippen LogP contribution in [0.2, 0.25) is 5.02 Å². The normalized spacial score (nSPS) is 16.2. The van der Waals surface area contributed by atoms with Crippen molar-refractivity contribution in [3.63, 3.8) is 0 Å². The number of phenols is 1. The molecule has 1 atom stereocenters. The number of aromatic hydroxyl groups is 1. The number of halogens is 1. The molecule has 0 spiro atoms. The Labute approximate surface area is 143 Å². The van der Waals surface area contributed by atoms with E-state index < -0.39 is 6.10 Å². The predicted molar refractivity (Wildman–Crippen MR) is 90.8 cm³/mol. The van der Waals surface area contributed by atoms with Crippen LogP contribution in [0.15, 0.2) is 47.6 Å². The van der Waals surface area contributed by atoms with E-state index in [1.54, 1.807) is 42.5 Å². The number of carbonyl (C=O) groups is 1. The van der Waals surface area contributed by atoms with Gasteiger partial charge in [-0.15, -0.1) is 0 Å². The molecule has 24 heavy (non-hydrogen) atoms. The van der Waals surface area contributed by atoms with Crippen LogP contribution < -0.4 is 10.1 Å². The molecule has 1 aliphatic rings. The summed E-state index contributed by atoms with van der Waals surface area (Å²) in [5.74, 6) is 0.217. The zero-order valence-corrected chi connectivity index (χ0v) is 13.6. The smallest absolute Gasteiger partial charge is 0.268 e. The topological polar surface area (TPSA) is 80.2 Å². The van der Waals surface area contributed by atoms with Crippen molar-refractivity contribution < 1.29 is 19.5 Å². The fourth-order valence-electron chi connectivity index (χ4n) is 2.39. The second-order valence-electron chi connectivity index (χ2n) is 5.19. The Bertz CT molecular complexity index is 807. The number of carbonyl (C=O) groups excluding carboxylic acids is 1. The second-order valence-corrected chi connectivity index (χ2v) is 5.62. The summed E-state index contributed by atoms with van der Waals surface area (Å²) in [6.07, 6.45) is -0.532. The number of nitrogens with zero attached hydrogens (tertiary/aromatic N) is 1. The van der Waals surface area contributed by atoms with Crippen molar-refractivity contribution in [2.45, 2.75) is 12.5 Å². The van der Waals surface area contributed by atoms with E-state index in [-0.39, 0.29) is 18.1 Å². The van der Waals surface area contributed by atoms with Gasteiger partial charge in [-0.05, 0) is 30.3 Å². The number of nitrogens with one attached hydrogen (secondary N) is 1. The maximum atomic E-state index is 12.4. The molecule has 2 aromatic carbocycles. The van der Waals surface area contributed by atoms with E-state index in [0.717, 1.165) is 0 Å². The van der Waals surface area contributed by atoms with E-state index in [0.29, 0.717) is 27.7 Å². The molecular weight excluding hydrogens is 332 g/mol. The van der Waals surface area contributed by atoms with Crippen LogP contribution in [0.3, 0.4) is 0 Å². The number of benzene rings is 2. The van der Waals surface area contributed by atoms with Crippen LogP contribution in [0.1, 0.15) is 12.0 Å². The van der Waals surface area contributed by atoms with Crippen molar-refractivity contribution in [3.05, 3.63) is 53.1 Å². The Balaban J connectivity index is 1.70. The molecule has 0 saturated carbocycles. The second kappa shape index (κ2) is 6.80. The number of phenolic OH excluding ortho intramolecular Hbond substituents is 1. The molecule has 2 aromatic rings. The van der Waals surface area contributed by atoms with E-state index >= 15 is 0 Å². The molecule has 0 unspecified atom stereocenters. The summed E-state index contributed by atoms with van der Waals surface area (Å²) in [6, 6.07) is 11.7. The first-order valence-electron chi connectivity index (χ1n) is 7.24. The lowest BCUT2D eigenvalue weighted by atomic mass is 10.0. The molecule has 7 heteroatoms. The highest BCUT2D eigenvalue weighted by molar-refractivity contribution is 6.31. The highest BCUT2D eigenvalue weighted by Crippen LogP contribution is 2.29. The highest BCUT2D eigenvalue weighted by Gasteiger charge is 2.30. The quantitative estimate of drug-likeness (QED) is 0.891. The van der Waals surface area contributed by atoms with E-state index in [9.17, 15) is 9.90 Å². The number of para-hydroxylation sites is 1. The third-order valence-corrected chi connectivity index (χ3v) is 3.83. The Morgan fingerprint density at radius 2 is 2.17 bits per heavy atom. The lowest BCUT2D eigenvalue weighted by molar-refractivity contribution is -0.125. The van der Waals surface area contributed by atoms with Gasteiger partial charge in [-0.3, -0.25) is 4.79 Å². The maximum Gasteiger partial charge on any atom is 0.268 e. The van der Waals surface area contributed by atoms with Crippen LogP contribution in [0.5, 0.6) is 11.5 Å². The molecular formula is C17H15ClN2O4. The Morgan fingerprint density at radius 3 is 2.92 bits per heavy atom. The van der Waals surface area contributed by atoms with Gasteiger partial charge in [0.15, 0.2) is 0 Å². The Morgan fingerprint density at radius 1 is 1.38 bits per heavy atom. The number of hydrogen-bond donors (Lipinski definition) is 2. The molecule has 1 heterocycles. The Hall–Kier alpha value is -2.73. The zero-order valence-electron chi connectivity index (χ0n) is 12.8. The first-order valence-corrected chi connectivity index (χ1v) is 7.61. The third kappa shape index (κ3) is 3.28. The van der Waals surface area contributed by atoms with Gasteiger partial charge in [0, 0.05) is 17.0 Å². The van der Waals surface area contributed by atoms with Gasteiger partial charge in [-0.1, -0.05) is 28.9 Å². The number of oxime groups is 1. The monoisotopic (exact) mass is 346 g/mol. The molecule has 2 N–H and O–H groups in total. The van der Waals surface area contributed by atoms with Crippen LogP contribution in [0.4, 0.5) is 5.69 Å². The van der Waals surface area contributed by atoms with E-state index in [2.05, 4.69) is 10.5 Å². The van der Waals surface area contributed by atoms with Crippen LogP contribution in [-0.2, 0) is 9.63 Å². The molecule has 0 saturated heterocycles. The molecule has 1 aliphatic heterocycles. The van der Waals surface area contributed by atoms with Gasteiger partial charge in [-0.2, -0.15) is 0 Å². The van der Waals surface area contributed by atoms with E-state index in [1.807, 2.05) is 0 Å². The van der Waals surface area contributed by atoms with Gasteiger partial charge in [-0.25, -0.2) is 0 Å². The molecule has 0 bridgehead atoms. The molecule has 3 rings (SSSR count). The van der Waals surface area contributed by atoms with Crippen molar-refractivity contribution in [2.24, 2.45) is 5.16 Å². The van der Waals surface area contributed by atoms with Gasteiger partial charge < -0.3 is 20.0 Å². The number of amides is 1. The van der Waals surface area contributed by atoms with E-state index in [4.69, 9.17) is 21.2 Å². The predicted octanol–water partition coefficient (Wildman–Crippen LogP) is 3.19. The van der Waals surface area contributed by atoms with Gasteiger partial charge in [0.25, 0.3) is 5.91 Å². The highest BCUT2D eigenvalue weighted by atomic mass is 35.5. The SMILES string of the molecule is COc1ccc(Cl)cc1NC(=O)[C@@H]1CC(c2ccccc2O)=NO1. The number of ether oxygens (including phenoxy) is 1. The van der Waals surface area contributed by atoms with Gasteiger partial charge in [0.2, 0.25) is 6.10 Å². The van der Waals surface area contributed by atoms with Gasteiger partial charge >= 0.3 is 0 Å². The number of rotatable bonds is 4. The number of methoxy groups -OCH3 is 1.